The van der Waals surface area contributed by atoms with Crippen LogP contribution >= 0.6 is 0 Å². The molecule has 0 aromatic heterocycles. The Morgan fingerprint density at radius 2 is 2.00 bits per heavy atom. The van der Waals surface area contributed by atoms with Gasteiger partial charge in [-0.1, -0.05) is 50.5 Å². The zero-order chi connectivity index (χ0) is 13.7. The lowest BCUT2D eigenvalue weighted by atomic mass is 9.76. The second-order valence-corrected chi connectivity index (χ2v) is 5.82. The zero-order valence-corrected chi connectivity index (χ0v) is 12.1. The molecular weight excluding hydrogens is 236 g/mol. The van der Waals surface area contributed by atoms with Crippen LogP contribution in [0.15, 0.2) is 24.3 Å². The Labute approximate surface area is 116 Å². The number of aliphatic hydroxyl groups excluding tert-OH is 1. The quantitative estimate of drug-likeness (QED) is 0.866. The Bertz CT molecular complexity index is 371. The number of methoxy groups -OCH3 is 1. The summed E-state index contributed by atoms with van der Waals surface area (Å²) in [6.45, 7) is 2.90. The normalized spacial score (nSPS) is 25.2. The topological polar surface area (TPSA) is 29.5 Å². The fourth-order valence-electron chi connectivity index (χ4n) is 3.24. The monoisotopic (exact) mass is 262 g/mol. The van der Waals surface area contributed by atoms with Gasteiger partial charge >= 0.3 is 0 Å². The molecule has 0 saturated heterocycles. The van der Waals surface area contributed by atoms with Gasteiger partial charge in [-0.15, -0.1) is 0 Å². The zero-order valence-electron chi connectivity index (χ0n) is 12.1. The average Bonchev–Trinajstić information content (AvgIpc) is 2.48. The van der Waals surface area contributed by atoms with Gasteiger partial charge in [0.1, 0.15) is 0 Å². The third-order valence-corrected chi connectivity index (χ3v) is 4.48. The molecule has 19 heavy (non-hydrogen) atoms. The summed E-state index contributed by atoms with van der Waals surface area (Å²) >= 11 is 0. The number of benzene rings is 1. The summed E-state index contributed by atoms with van der Waals surface area (Å²) in [5.41, 5.74) is 2.22. The highest BCUT2D eigenvalue weighted by Gasteiger charge is 2.27. The molecule has 0 spiro atoms. The Balaban J connectivity index is 1.99. The molecule has 1 aromatic rings. The predicted molar refractivity (Wildman–Crippen MR) is 77.9 cm³/mol. The molecule has 1 aromatic carbocycles. The van der Waals surface area contributed by atoms with Gasteiger partial charge in [-0.25, -0.2) is 0 Å². The van der Waals surface area contributed by atoms with Crippen LogP contribution < -0.4 is 0 Å². The summed E-state index contributed by atoms with van der Waals surface area (Å²) in [6, 6.07) is 8.22. The van der Waals surface area contributed by atoms with Crippen LogP contribution in [0, 0.1) is 11.8 Å². The third-order valence-electron chi connectivity index (χ3n) is 4.48. The maximum absolute atomic E-state index is 10.5. The standard InChI is InChI=1S/C17H26O2/c1-3-13-5-4-6-16(11-13)17(18)15-9-7-14(8-10-15)12-19-2/h7-10,13,16-18H,3-6,11-12H2,1-2H3. The second kappa shape index (κ2) is 7.06. The first-order chi connectivity index (χ1) is 9.24. The van der Waals surface area contributed by atoms with E-state index in [9.17, 15) is 5.11 Å². The van der Waals surface area contributed by atoms with Crippen molar-refractivity contribution in [3.05, 3.63) is 35.4 Å². The summed E-state index contributed by atoms with van der Waals surface area (Å²) in [7, 11) is 1.70. The molecule has 0 amide bonds. The number of aliphatic hydroxyl groups is 1. The van der Waals surface area contributed by atoms with Crippen molar-refractivity contribution >= 4 is 0 Å². The van der Waals surface area contributed by atoms with E-state index in [0.717, 1.165) is 23.5 Å². The van der Waals surface area contributed by atoms with Gasteiger partial charge in [-0.3, -0.25) is 0 Å². The second-order valence-electron chi connectivity index (χ2n) is 5.82. The highest BCUT2D eigenvalue weighted by molar-refractivity contribution is 5.24. The van der Waals surface area contributed by atoms with Crippen molar-refractivity contribution < 1.29 is 9.84 Å². The van der Waals surface area contributed by atoms with E-state index in [1.54, 1.807) is 7.11 Å². The van der Waals surface area contributed by atoms with Gasteiger partial charge in [0.2, 0.25) is 0 Å². The Kier molecular flexibility index (Phi) is 5.41. The first kappa shape index (κ1) is 14.5. The lowest BCUT2D eigenvalue weighted by Gasteiger charge is -2.32. The molecule has 1 fully saturated rings. The van der Waals surface area contributed by atoms with Crippen LogP contribution in [-0.4, -0.2) is 12.2 Å². The largest absolute Gasteiger partial charge is 0.388 e. The van der Waals surface area contributed by atoms with Crippen LogP contribution in [0.3, 0.4) is 0 Å². The van der Waals surface area contributed by atoms with E-state index in [1.165, 1.54) is 25.7 Å². The minimum absolute atomic E-state index is 0.300. The Hall–Kier alpha value is -0.860. The maximum atomic E-state index is 10.5. The Morgan fingerprint density at radius 1 is 1.26 bits per heavy atom. The van der Waals surface area contributed by atoms with Gasteiger partial charge in [-0.2, -0.15) is 0 Å². The molecule has 0 radical (unpaired) electrons. The molecule has 2 heteroatoms. The van der Waals surface area contributed by atoms with Gasteiger partial charge in [0, 0.05) is 7.11 Å². The van der Waals surface area contributed by atoms with Crippen molar-refractivity contribution in [2.45, 2.75) is 51.7 Å². The minimum Gasteiger partial charge on any atom is -0.388 e. The number of hydrogen-bond acceptors (Lipinski definition) is 2. The first-order valence-corrected chi connectivity index (χ1v) is 7.50. The van der Waals surface area contributed by atoms with Crippen molar-refractivity contribution in [1.82, 2.24) is 0 Å². The molecule has 1 aliphatic carbocycles. The fraction of sp³-hybridized carbons (Fsp3) is 0.647. The smallest absolute Gasteiger partial charge is 0.0818 e. The summed E-state index contributed by atoms with van der Waals surface area (Å²) in [4.78, 5) is 0. The predicted octanol–water partition coefficient (Wildman–Crippen LogP) is 4.08. The molecule has 106 valence electrons. The van der Waals surface area contributed by atoms with Gasteiger partial charge < -0.3 is 9.84 Å². The molecule has 3 atom stereocenters. The summed E-state index contributed by atoms with van der Waals surface area (Å²) in [5, 5.41) is 10.5. The number of hydrogen-bond donors (Lipinski definition) is 1. The van der Waals surface area contributed by atoms with E-state index in [0.29, 0.717) is 12.5 Å². The van der Waals surface area contributed by atoms with Crippen molar-refractivity contribution in [3.63, 3.8) is 0 Å². The van der Waals surface area contributed by atoms with Crippen molar-refractivity contribution in [2.24, 2.45) is 11.8 Å². The van der Waals surface area contributed by atoms with Crippen LogP contribution in [-0.2, 0) is 11.3 Å². The van der Waals surface area contributed by atoms with E-state index in [2.05, 4.69) is 31.2 Å². The molecular formula is C17H26O2. The molecule has 3 unspecified atom stereocenters. The fourth-order valence-corrected chi connectivity index (χ4v) is 3.24. The molecule has 1 N–H and O–H groups in total. The van der Waals surface area contributed by atoms with Crippen LogP contribution in [0.5, 0.6) is 0 Å². The summed E-state index contributed by atoms with van der Waals surface area (Å²) < 4.78 is 5.11. The van der Waals surface area contributed by atoms with Gasteiger partial charge in [0.15, 0.2) is 0 Å². The highest BCUT2D eigenvalue weighted by atomic mass is 16.5. The van der Waals surface area contributed by atoms with Crippen molar-refractivity contribution in [1.29, 1.82) is 0 Å². The minimum atomic E-state index is -0.300. The number of ether oxygens (including phenoxy) is 1. The van der Waals surface area contributed by atoms with E-state index >= 15 is 0 Å². The summed E-state index contributed by atoms with van der Waals surface area (Å²) in [5.74, 6) is 1.24. The van der Waals surface area contributed by atoms with Crippen molar-refractivity contribution in [2.75, 3.05) is 7.11 Å². The van der Waals surface area contributed by atoms with Crippen LogP contribution in [0.4, 0.5) is 0 Å². The lowest BCUT2D eigenvalue weighted by Crippen LogP contribution is -2.21. The third kappa shape index (κ3) is 3.80. The van der Waals surface area contributed by atoms with Crippen LogP contribution in [0.2, 0.25) is 0 Å². The molecule has 0 heterocycles. The van der Waals surface area contributed by atoms with E-state index in [-0.39, 0.29) is 6.10 Å². The maximum Gasteiger partial charge on any atom is 0.0818 e. The van der Waals surface area contributed by atoms with E-state index in [4.69, 9.17) is 4.74 Å². The molecule has 1 saturated carbocycles. The van der Waals surface area contributed by atoms with Gasteiger partial charge in [0.05, 0.1) is 12.7 Å². The van der Waals surface area contributed by atoms with Crippen molar-refractivity contribution in [3.8, 4) is 0 Å². The molecule has 2 rings (SSSR count). The summed E-state index contributed by atoms with van der Waals surface area (Å²) in [6.07, 6.45) is 5.89. The molecule has 0 bridgehead atoms. The molecule has 2 nitrogen and oxygen atoms in total. The van der Waals surface area contributed by atoms with E-state index in [1.807, 2.05) is 0 Å². The van der Waals surface area contributed by atoms with Gasteiger partial charge in [0.25, 0.3) is 0 Å². The highest BCUT2D eigenvalue weighted by Crippen LogP contribution is 2.38. The average molecular weight is 262 g/mol. The van der Waals surface area contributed by atoms with Crippen LogP contribution in [0.1, 0.15) is 56.3 Å². The van der Waals surface area contributed by atoms with E-state index < -0.39 is 0 Å². The lowest BCUT2D eigenvalue weighted by molar-refractivity contribution is 0.0677. The SMILES string of the molecule is CCC1CCCC(C(O)c2ccc(COC)cc2)C1. The number of rotatable bonds is 5. The van der Waals surface area contributed by atoms with Crippen LogP contribution in [0.25, 0.3) is 0 Å². The molecule has 1 aliphatic rings. The molecule has 0 aliphatic heterocycles. The van der Waals surface area contributed by atoms with Gasteiger partial charge in [-0.05, 0) is 35.8 Å². The first-order valence-electron chi connectivity index (χ1n) is 7.50. The Morgan fingerprint density at radius 3 is 2.63 bits per heavy atom.